The summed E-state index contributed by atoms with van der Waals surface area (Å²) in [6, 6.07) is 7.81. The zero-order valence-electron chi connectivity index (χ0n) is 10.2. The number of benzene rings is 1. The molecule has 0 aliphatic heterocycles. The second-order valence-electron chi connectivity index (χ2n) is 4.10. The fraction of sp³-hybridized carbons (Fsp3) is 0.417. The second kappa shape index (κ2) is 6.51. The predicted molar refractivity (Wildman–Crippen MR) is 68.9 cm³/mol. The number of hydrogen-bond acceptors (Lipinski definition) is 3. The molecule has 0 atom stereocenters. The van der Waals surface area contributed by atoms with E-state index in [0.29, 0.717) is 6.42 Å². The molecule has 1 rings (SSSR count). The lowest BCUT2D eigenvalue weighted by Gasteiger charge is -2.06. The summed E-state index contributed by atoms with van der Waals surface area (Å²) >= 11 is 0. The van der Waals surface area contributed by atoms with Crippen LogP contribution in [-0.4, -0.2) is 31.8 Å². The van der Waals surface area contributed by atoms with Gasteiger partial charge in [-0.2, -0.15) is 0 Å². The summed E-state index contributed by atoms with van der Waals surface area (Å²) in [6.07, 6.45) is 0.216. The third kappa shape index (κ3) is 5.79. The Hall–Kier alpha value is -1.40. The van der Waals surface area contributed by atoms with Gasteiger partial charge in [-0.25, -0.2) is 13.1 Å². The molecular formula is C12H17NO4S. The summed E-state index contributed by atoms with van der Waals surface area (Å²) in [4.78, 5) is 10.3. The van der Waals surface area contributed by atoms with Crippen LogP contribution in [0, 0.1) is 6.92 Å². The van der Waals surface area contributed by atoms with Gasteiger partial charge in [0.25, 0.3) is 0 Å². The van der Waals surface area contributed by atoms with Gasteiger partial charge in [0.05, 0.1) is 12.2 Å². The van der Waals surface area contributed by atoms with Crippen LogP contribution in [0.25, 0.3) is 0 Å². The van der Waals surface area contributed by atoms with Gasteiger partial charge in [0.1, 0.15) is 0 Å². The smallest absolute Gasteiger partial charge is 0.304 e. The van der Waals surface area contributed by atoms with E-state index in [4.69, 9.17) is 5.11 Å². The Morgan fingerprint density at radius 1 is 1.39 bits per heavy atom. The molecule has 1 aromatic rings. The maximum Gasteiger partial charge on any atom is 0.304 e. The van der Waals surface area contributed by atoms with Crippen LogP contribution in [-0.2, 0) is 21.2 Å². The summed E-state index contributed by atoms with van der Waals surface area (Å²) < 4.78 is 25.2. The van der Waals surface area contributed by atoms with Gasteiger partial charge in [0.2, 0.25) is 10.0 Å². The molecular weight excluding hydrogens is 254 g/mol. The van der Waals surface area contributed by atoms with Crippen LogP contribution in [0.4, 0.5) is 0 Å². The van der Waals surface area contributed by atoms with Crippen LogP contribution < -0.4 is 4.72 Å². The molecule has 0 heterocycles. The first-order chi connectivity index (χ1) is 8.39. The number of carbonyl (C=O) groups is 1. The minimum atomic E-state index is -3.49. The Bertz CT molecular complexity index is 511. The van der Waals surface area contributed by atoms with Crippen molar-refractivity contribution in [3.05, 3.63) is 35.4 Å². The lowest BCUT2D eigenvalue weighted by Crippen LogP contribution is -2.29. The van der Waals surface area contributed by atoms with Crippen molar-refractivity contribution in [1.82, 2.24) is 4.72 Å². The fourth-order valence-corrected chi connectivity index (χ4v) is 2.51. The highest BCUT2D eigenvalue weighted by atomic mass is 32.2. The topological polar surface area (TPSA) is 83.5 Å². The molecule has 0 saturated heterocycles. The molecule has 0 aromatic heterocycles. The molecule has 2 N–H and O–H groups in total. The fourth-order valence-electron chi connectivity index (χ4n) is 1.51. The van der Waals surface area contributed by atoms with Crippen LogP contribution in [0.1, 0.15) is 17.5 Å². The quantitative estimate of drug-likeness (QED) is 0.773. The van der Waals surface area contributed by atoms with Crippen molar-refractivity contribution in [2.24, 2.45) is 0 Å². The highest BCUT2D eigenvalue weighted by Crippen LogP contribution is 2.04. The molecule has 5 nitrogen and oxygen atoms in total. The average Bonchev–Trinajstić information content (AvgIpc) is 2.26. The van der Waals surface area contributed by atoms with Crippen molar-refractivity contribution in [2.75, 3.05) is 12.3 Å². The van der Waals surface area contributed by atoms with Crippen molar-refractivity contribution in [3.63, 3.8) is 0 Å². The van der Waals surface area contributed by atoms with Gasteiger partial charge in [-0.3, -0.25) is 4.79 Å². The molecule has 0 amide bonds. The lowest BCUT2D eigenvalue weighted by molar-refractivity contribution is -0.136. The Morgan fingerprint density at radius 2 is 2.11 bits per heavy atom. The largest absolute Gasteiger partial charge is 0.481 e. The standard InChI is InChI=1S/C12H17NO4S/c1-10-3-2-4-11(9-10)5-7-13-18(16,17)8-6-12(14)15/h2-4,9,13H,5-8H2,1H3,(H,14,15). The molecule has 0 aliphatic carbocycles. The first kappa shape index (κ1) is 14.7. The van der Waals surface area contributed by atoms with E-state index in [-0.39, 0.29) is 18.7 Å². The maximum atomic E-state index is 11.4. The summed E-state index contributed by atoms with van der Waals surface area (Å²) in [5, 5.41) is 8.42. The zero-order valence-corrected chi connectivity index (χ0v) is 11.0. The van der Waals surface area contributed by atoms with Crippen LogP contribution in [0.3, 0.4) is 0 Å². The van der Waals surface area contributed by atoms with E-state index in [1.807, 2.05) is 31.2 Å². The van der Waals surface area contributed by atoms with E-state index in [9.17, 15) is 13.2 Å². The van der Waals surface area contributed by atoms with E-state index < -0.39 is 16.0 Å². The molecule has 0 aliphatic rings. The lowest BCUT2D eigenvalue weighted by atomic mass is 10.1. The molecule has 0 radical (unpaired) electrons. The van der Waals surface area contributed by atoms with Crippen molar-refractivity contribution >= 4 is 16.0 Å². The van der Waals surface area contributed by atoms with Gasteiger partial charge in [-0.1, -0.05) is 29.8 Å². The molecule has 0 unspecified atom stereocenters. The Labute approximate surface area is 107 Å². The highest BCUT2D eigenvalue weighted by molar-refractivity contribution is 7.89. The minimum absolute atomic E-state index is 0.283. The van der Waals surface area contributed by atoms with Crippen molar-refractivity contribution in [1.29, 1.82) is 0 Å². The Morgan fingerprint density at radius 3 is 2.72 bits per heavy atom. The maximum absolute atomic E-state index is 11.4. The monoisotopic (exact) mass is 271 g/mol. The molecule has 0 saturated carbocycles. The van der Waals surface area contributed by atoms with E-state index in [0.717, 1.165) is 11.1 Å². The van der Waals surface area contributed by atoms with Crippen molar-refractivity contribution in [2.45, 2.75) is 19.8 Å². The zero-order chi connectivity index (χ0) is 13.6. The summed E-state index contributed by atoms with van der Waals surface area (Å²) in [7, 11) is -3.49. The molecule has 0 bridgehead atoms. The van der Waals surface area contributed by atoms with Gasteiger partial charge in [0, 0.05) is 6.54 Å². The molecule has 1 aromatic carbocycles. The van der Waals surface area contributed by atoms with E-state index in [1.54, 1.807) is 0 Å². The predicted octanol–water partition coefficient (Wildman–Crippen LogP) is 0.932. The number of aliphatic carboxylic acids is 1. The summed E-state index contributed by atoms with van der Waals surface area (Å²) in [6.45, 7) is 2.26. The number of aryl methyl sites for hydroxylation is 1. The molecule has 0 fully saturated rings. The normalized spacial score (nSPS) is 11.4. The molecule has 6 heteroatoms. The number of nitrogens with one attached hydrogen (secondary N) is 1. The number of sulfonamides is 1. The third-order valence-corrected chi connectivity index (χ3v) is 3.79. The number of carboxylic acids is 1. The molecule has 18 heavy (non-hydrogen) atoms. The van der Waals surface area contributed by atoms with Gasteiger partial charge in [-0.15, -0.1) is 0 Å². The van der Waals surface area contributed by atoms with Gasteiger partial charge < -0.3 is 5.11 Å². The Kier molecular flexibility index (Phi) is 5.30. The van der Waals surface area contributed by atoms with Crippen LogP contribution in [0.15, 0.2) is 24.3 Å². The van der Waals surface area contributed by atoms with Crippen LogP contribution in [0.2, 0.25) is 0 Å². The second-order valence-corrected chi connectivity index (χ2v) is 6.02. The first-order valence-electron chi connectivity index (χ1n) is 5.64. The van der Waals surface area contributed by atoms with E-state index in [2.05, 4.69) is 4.72 Å². The van der Waals surface area contributed by atoms with E-state index in [1.165, 1.54) is 0 Å². The first-order valence-corrected chi connectivity index (χ1v) is 7.29. The number of carboxylic acid groups (broad SMARTS) is 1. The molecule has 100 valence electrons. The van der Waals surface area contributed by atoms with Gasteiger partial charge in [-0.05, 0) is 18.9 Å². The third-order valence-electron chi connectivity index (χ3n) is 2.40. The SMILES string of the molecule is Cc1cccc(CCNS(=O)(=O)CCC(=O)O)c1. The van der Waals surface area contributed by atoms with Crippen molar-refractivity contribution < 1.29 is 18.3 Å². The number of hydrogen-bond donors (Lipinski definition) is 2. The highest BCUT2D eigenvalue weighted by Gasteiger charge is 2.11. The summed E-state index contributed by atoms with van der Waals surface area (Å²) in [5.74, 6) is -1.49. The number of rotatable bonds is 7. The average molecular weight is 271 g/mol. The van der Waals surface area contributed by atoms with Crippen LogP contribution in [0.5, 0.6) is 0 Å². The molecule has 0 spiro atoms. The minimum Gasteiger partial charge on any atom is -0.481 e. The van der Waals surface area contributed by atoms with Gasteiger partial charge in [0.15, 0.2) is 0 Å². The van der Waals surface area contributed by atoms with Crippen molar-refractivity contribution in [3.8, 4) is 0 Å². The van der Waals surface area contributed by atoms with E-state index >= 15 is 0 Å². The summed E-state index contributed by atoms with van der Waals surface area (Å²) in [5.41, 5.74) is 2.18. The van der Waals surface area contributed by atoms with Gasteiger partial charge >= 0.3 is 5.97 Å². The van der Waals surface area contributed by atoms with Crippen LogP contribution >= 0.6 is 0 Å². The Balaban J connectivity index is 2.39.